The van der Waals surface area contributed by atoms with Gasteiger partial charge in [0.25, 0.3) is 0 Å². The van der Waals surface area contributed by atoms with E-state index in [9.17, 15) is 13.6 Å². The first kappa shape index (κ1) is 13.3. The second-order valence-corrected chi connectivity index (χ2v) is 4.45. The van der Waals surface area contributed by atoms with Crippen LogP contribution >= 0.6 is 15.9 Å². The van der Waals surface area contributed by atoms with Crippen LogP contribution in [0.5, 0.6) is 0 Å². The van der Waals surface area contributed by atoms with Crippen LogP contribution in [0.25, 0.3) is 0 Å². The van der Waals surface area contributed by atoms with Crippen molar-refractivity contribution in [1.29, 1.82) is 0 Å². The fraction of sp³-hybridized carbons (Fsp3) is 0.417. The number of hydrogen-bond acceptors (Lipinski definition) is 1. The number of benzene rings is 1. The topological polar surface area (TPSA) is 17.1 Å². The van der Waals surface area contributed by atoms with Crippen LogP contribution in [0.4, 0.5) is 8.78 Å². The van der Waals surface area contributed by atoms with Crippen LogP contribution in [0.15, 0.2) is 16.6 Å². The molecule has 0 bridgehead atoms. The normalized spacial score (nSPS) is 10.5. The predicted octanol–water partition coefficient (Wildman–Crippen LogP) is 4.49. The number of hydrogen-bond donors (Lipinski definition) is 0. The number of carbonyl (C=O) groups is 1. The van der Waals surface area contributed by atoms with Gasteiger partial charge in [0.15, 0.2) is 11.6 Å². The molecule has 0 amide bonds. The Morgan fingerprint density at radius 2 is 2.00 bits per heavy atom. The molecule has 0 radical (unpaired) electrons. The van der Waals surface area contributed by atoms with Crippen LogP contribution < -0.4 is 0 Å². The van der Waals surface area contributed by atoms with E-state index in [1.54, 1.807) is 0 Å². The first-order chi connectivity index (χ1) is 7.57. The quantitative estimate of drug-likeness (QED) is 0.444. The minimum atomic E-state index is -0.804. The van der Waals surface area contributed by atoms with Gasteiger partial charge in [-0.2, -0.15) is 0 Å². The third-order valence-electron chi connectivity index (χ3n) is 2.33. The van der Waals surface area contributed by atoms with E-state index in [2.05, 4.69) is 15.9 Å². The second kappa shape index (κ2) is 6.09. The molecule has 0 N–H and O–H groups in total. The van der Waals surface area contributed by atoms with Crippen molar-refractivity contribution in [3.8, 4) is 0 Å². The SMILES string of the molecule is CCCCCC(=O)c1c(F)ccc(Br)c1F. The first-order valence-electron chi connectivity index (χ1n) is 5.24. The van der Waals surface area contributed by atoms with Gasteiger partial charge in [-0.3, -0.25) is 4.79 Å². The van der Waals surface area contributed by atoms with E-state index in [0.717, 1.165) is 18.9 Å². The van der Waals surface area contributed by atoms with Crippen molar-refractivity contribution in [3.05, 3.63) is 33.8 Å². The number of rotatable bonds is 5. The summed E-state index contributed by atoms with van der Waals surface area (Å²) >= 11 is 2.94. The average molecular weight is 291 g/mol. The van der Waals surface area contributed by atoms with E-state index in [0.29, 0.717) is 6.42 Å². The van der Waals surface area contributed by atoms with Crippen LogP contribution in [-0.4, -0.2) is 5.78 Å². The van der Waals surface area contributed by atoms with E-state index in [1.165, 1.54) is 6.07 Å². The molecular weight excluding hydrogens is 278 g/mol. The minimum Gasteiger partial charge on any atom is -0.294 e. The number of ketones is 1. The van der Waals surface area contributed by atoms with Gasteiger partial charge in [-0.25, -0.2) is 8.78 Å². The lowest BCUT2D eigenvalue weighted by molar-refractivity contribution is 0.0971. The summed E-state index contributed by atoms with van der Waals surface area (Å²) in [6, 6.07) is 2.35. The Kier molecular flexibility index (Phi) is 5.06. The summed E-state index contributed by atoms with van der Waals surface area (Å²) in [5, 5.41) is 0. The Labute approximate surface area is 102 Å². The zero-order valence-electron chi connectivity index (χ0n) is 9.03. The molecule has 0 fully saturated rings. The van der Waals surface area contributed by atoms with Crippen molar-refractivity contribution < 1.29 is 13.6 Å². The molecule has 0 aromatic heterocycles. The monoisotopic (exact) mass is 290 g/mol. The highest BCUT2D eigenvalue weighted by atomic mass is 79.9. The van der Waals surface area contributed by atoms with E-state index < -0.39 is 23.0 Å². The molecule has 1 rings (SSSR count). The molecule has 0 heterocycles. The molecule has 0 saturated carbocycles. The summed E-state index contributed by atoms with van der Waals surface area (Å²) in [7, 11) is 0. The van der Waals surface area contributed by atoms with Crippen LogP contribution in [0.3, 0.4) is 0 Å². The molecule has 0 spiro atoms. The van der Waals surface area contributed by atoms with Gasteiger partial charge in [-0.05, 0) is 34.5 Å². The maximum Gasteiger partial charge on any atom is 0.168 e. The van der Waals surface area contributed by atoms with Gasteiger partial charge < -0.3 is 0 Å². The zero-order chi connectivity index (χ0) is 12.1. The Hall–Kier alpha value is -0.770. The third-order valence-corrected chi connectivity index (χ3v) is 2.94. The van der Waals surface area contributed by atoms with Gasteiger partial charge in [0.05, 0.1) is 10.0 Å². The number of carbonyl (C=O) groups excluding carboxylic acids is 1. The van der Waals surface area contributed by atoms with Crippen molar-refractivity contribution in [2.45, 2.75) is 32.6 Å². The van der Waals surface area contributed by atoms with Gasteiger partial charge in [0.2, 0.25) is 0 Å². The maximum atomic E-state index is 13.5. The first-order valence-corrected chi connectivity index (χ1v) is 6.04. The Bertz CT molecular complexity index is 391. The summed E-state index contributed by atoms with van der Waals surface area (Å²) in [6.45, 7) is 2.00. The summed E-state index contributed by atoms with van der Waals surface area (Å²) in [4.78, 5) is 11.6. The number of halogens is 3. The van der Waals surface area contributed by atoms with Gasteiger partial charge in [-0.1, -0.05) is 19.8 Å². The van der Waals surface area contributed by atoms with Crippen molar-refractivity contribution in [2.75, 3.05) is 0 Å². The van der Waals surface area contributed by atoms with Crippen molar-refractivity contribution in [3.63, 3.8) is 0 Å². The Morgan fingerprint density at radius 1 is 1.31 bits per heavy atom. The average Bonchev–Trinajstić information content (AvgIpc) is 2.24. The lowest BCUT2D eigenvalue weighted by atomic mass is 10.0. The minimum absolute atomic E-state index is 0.118. The molecule has 0 saturated heterocycles. The van der Waals surface area contributed by atoms with Crippen LogP contribution in [0.1, 0.15) is 43.0 Å². The summed E-state index contributed by atoms with van der Waals surface area (Å²) in [5.74, 6) is -2.06. The van der Waals surface area contributed by atoms with Crippen molar-refractivity contribution in [2.24, 2.45) is 0 Å². The second-order valence-electron chi connectivity index (χ2n) is 3.60. The highest BCUT2D eigenvalue weighted by molar-refractivity contribution is 9.10. The largest absolute Gasteiger partial charge is 0.294 e. The molecule has 1 aromatic carbocycles. The highest BCUT2D eigenvalue weighted by Gasteiger charge is 2.18. The van der Waals surface area contributed by atoms with Gasteiger partial charge in [0.1, 0.15) is 5.82 Å². The van der Waals surface area contributed by atoms with E-state index in [4.69, 9.17) is 0 Å². The fourth-order valence-electron chi connectivity index (χ4n) is 1.44. The lowest BCUT2D eigenvalue weighted by Gasteiger charge is -2.05. The smallest absolute Gasteiger partial charge is 0.168 e. The lowest BCUT2D eigenvalue weighted by Crippen LogP contribution is -2.06. The molecule has 0 aliphatic rings. The number of Topliss-reactive ketones (excluding diaryl/α,β-unsaturated/α-hetero) is 1. The van der Waals surface area contributed by atoms with E-state index in [1.807, 2.05) is 6.92 Å². The molecule has 0 unspecified atom stereocenters. The van der Waals surface area contributed by atoms with Crippen molar-refractivity contribution >= 4 is 21.7 Å². The predicted molar refractivity (Wildman–Crippen MR) is 62.5 cm³/mol. The Balaban J connectivity index is 2.86. The van der Waals surface area contributed by atoms with E-state index >= 15 is 0 Å². The molecule has 1 aromatic rings. The summed E-state index contributed by atoms with van der Waals surface area (Å²) < 4.78 is 26.9. The standard InChI is InChI=1S/C12H13BrF2O/c1-2-3-4-5-10(16)11-9(14)7-6-8(13)12(11)15/h6-7H,2-5H2,1H3. The van der Waals surface area contributed by atoms with Gasteiger partial charge >= 0.3 is 0 Å². The highest BCUT2D eigenvalue weighted by Crippen LogP contribution is 2.23. The molecule has 0 atom stereocenters. The van der Waals surface area contributed by atoms with Crippen molar-refractivity contribution in [1.82, 2.24) is 0 Å². The summed E-state index contributed by atoms with van der Waals surface area (Å²) in [5.41, 5.74) is -0.425. The molecule has 4 heteroatoms. The van der Waals surface area contributed by atoms with Crippen LogP contribution in [0, 0.1) is 11.6 Å². The molecule has 0 aliphatic carbocycles. The summed E-state index contributed by atoms with van der Waals surface area (Å²) in [6.07, 6.45) is 2.72. The van der Waals surface area contributed by atoms with Crippen LogP contribution in [0.2, 0.25) is 0 Å². The third kappa shape index (κ3) is 3.11. The van der Waals surface area contributed by atoms with Crippen LogP contribution in [-0.2, 0) is 0 Å². The molecule has 16 heavy (non-hydrogen) atoms. The molecule has 1 nitrogen and oxygen atoms in total. The molecule has 88 valence electrons. The Morgan fingerprint density at radius 3 is 2.62 bits per heavy atom. The zero-order valence-corrected chi connectivity index (χ0v) is 10.6. The van der Waals surface area contributed by atoms with Gasteiger partial charge in [0, 0.05) is 6.42 Å². The molecule has 0 aliphatic heterocycles. The molecular formula is C12H13BrF2O. The maximum absolute atomic E-state index is 13.5. The number of unbranched alkanes of at least 4 members (excludes halogenated alkanes) is 2. The fourth-order valence-corrected chi connectivity index (χ4v) is 1.77. The van der Waals surface area contributed by atoms with E-state index in [-0.39, 0.29) is 10.9 Å². The van der Waals surface area contributed by atoms with Gasteiger partial charge in [-0.15, -0.1) is 0 Å².